The quantitative estimate of drug-likeness (QED) is 0.551. The molecule has 6 rings (SSSR count). The molecule has 3 aliphatic heterocycles. The van der Waals surface area contributed by atoms with Gasteiger partial charge in [-0.2, -0.15) is 5.10 Å². The third-order valence-electron chi connectivity index (χ3n) is 8.69. The Balaban J connectivity index is 1.16. The number of amides is 3. The second-order valence-electron chi connectivity index (χ2n) is 11.2. The highest BCUT2D eigenvalue weighted by atomic mass is 32.2. The maximum atomic E-state index is 14.0. The van der Waals surface area contributed by atoms with E-state index in [0.717, 1.165) is 31.4 Å². The zero-order valence-corrected chi connectivity index (χ0v) is 23.2. The highest BCUT2D eigenvalue weighted by Gasteiger charge is 2.52. The van der Waals surface area contributed by atoms with Crippen molar-refractivity contribution in [2.24, 2.45) is 11.8 Å². The summed E-state index contributed by atoms with van der Waals surface area (Å²) in [5.41, 5.74) is 1.26. The van der Waals surface area contributed by atoms with E-state index in [0.29, 0.717) is 36.6 Å². The predicted octanol–water partition coefficient (Wildman–Crippen LogP) is 2.59. The fourth-order valence-electron chi connectivity index (χ4n) is 6.59. The summed E-state index contributed by atoms with van der Waals surface area (Å²) in [5.74, 6) is 0.151. The number of hydrogen-bond donors (Lipinski definition) is 1. The molecule has 2 saturated heterocycles. The van der Waals surface area contributed by atoms with Crippen LogP contribution in [0.3, 0.4) is 0 Å². The van der Waals surface area contributed by atoms with Gasteiger partial charge < -0.3 is 15.1 Å². The minimum Gasteiger partial charge on any atom is -0.344 e. The Morgan fingerprint density at radius 1 is 1.05 bits per heavy atom. The lowest BCUT2D eigenvalue weighted by atomic mass is 9.84. The van der Waals surface area contributed by atoms with E-state index in [2.05, 4.69) is 15.4 Å². The molecule has 1 unspecified atom stereocenters. The Hall–Kier alpha value is -3.47. The van der Waals surface area contributed by atoms with Crippen LogP contribution < -0.4 is 5.32 Å². The van der Waals surface area contributed by atoms with Gasteiger partial charge in [0, 0.05) is 17.9 Å². The number of thioether (sulfide) groups is 1. The molecule has 4 atom stereocenters. The summed E-state index contributed by atoms with van der Waals surface area (Å²) in [6.07, 6.45) is 11.7. The number of fused-ring (bicyclic) bond motifs is 1. The first kappa shape index (κ1) is 26.7. The Morgan fingerprint density at radius 3 is 2.55 bits per heavy atom. The number of nitrogens with one attached hydrogen (secondary N) is 1. The van der Waals surface area contributed by atoms with Gasteiger partial charge in [-0.25, -0.2) is 9.67 Å². The first-order valence-corrected chi connectivity index (χ1v) is 15.2. The van der Waals surface area contributed by atoms with Crippen molar-refractivity contribution in [2.45, 2.75) is 63.1 Å². The van der Waals surface area contributed by atoms with Crippen molar-refractivity contribution < 1.29 is 19.2 Å². The molecule has 10 nitrogen and oxygen atoms in total. The molecule has 2 aromatic rings. The van der Waals surface area contributed by atoms with Crippen molar-refractivity contribution in [2.75, 3.05) is 18.8 Å². The predicted molar refractivity (Wildman–Crippen MR) is 150 cm³/mol. The van der Waals surface area contributed by atoms with Crippen molar-refractivity contribution in [3.8, 4) is 5.69 Å². The molecule has 0 spiro atoms. The number of rotatable bonds is 7. The minimum absolute atomic E-state index is 0.0213. The molecule has 1 aromatic heterocycles. The van der Waals surface area contributed by atoms with Crippen molar-refractivity contribution >= 4 is 35.3 Å². The van der Waals surface area contributed by atoms with E-state index in [1.165, 1.54) is 12.7 Å². The van der Waals surface area contributed by atoms with Crippen LogP contribution in [-0.4, -0.2) is 85.0 Å². The fourth-order valence-corrected chi connectivity index (χ4v) is 7.47. The van der Waals surface area contributed by atoms with Crippen molar-refractivity contribution in [1.82, 2.24) is 29.9 Å². The van der Waals surface area contributed by atoms with Crippen LogP contribution >= 0.6 is 11.8 Å². The van der Waals surface area contributed by atoms with Crippen molar-refractivity contribution in [1.29, 1.82) is 0 Å². The Bertz CT molecular complexity index is 1290. The lowest BCUT2D eigenvalue weighted by Crippen LogP contribution is -2.54. The standard InChI is InChI=1S/C29H34N6O4S/c36-25-15-34(28(38)20-6-8-22(9-7-20)35-18-30-17-31-35)24-10-12-33(26(24)25)29(39)23(14-19-4-2-1-3-5-19)32-27(37)21-11-13-40-16-21/h6-9,11,13,17-19,21,23-24,26H,1-5,10,12,14-16H2,(H,32,37)/t21?,23-,24+,26-/m0/s1. The summed E-state index contributed by atoms with van der Waals surface area (Å²) in [4.78, 5) is 60.9. The van der Waals surface area contributed by atoms with E-state index in [4.69, 9.17) is 0 Å². The van der Waals surface area contributed by atoms with Crippen LogP contribution in [0.1, 0.15) is 55.3 Å². The number of Topliss-reactive ketones (excluding diaryl/α,β-unsaturated/α-hetero) is 1. The third kappa shape index (κ3) is 5.31. The monoisotopic (exact) mass is 562 g/mol. The number of hydrogen-bond acceptors (Lipinski definition) is 7. The SMILES string of the molecule is O=C(N[C@@H](CC1CCCCC1)C(=O)N1CC[C@@H]2[C@H]1C(=O)CN2C(=O)c1ccc(-n2cncn2)cc1)C1C=CSC1. The molecule has 0 radical (unpaired) electrons. The number of carbonyl (C=O) groups is 4. The molecule has 1 N–H and O–H groups in total. The van der Waals surface area contributed by atoms with Crippen molar-refractivity contribution in [3.63, 3.8) is 0 Å². The zero-order valence-electron chi connectivity index (χ0n) is 22.4. The average molecular weight is 563 g/mol. The molecule has 1 saturated carbocycles. The van der Waals surface area contributed by atoms with Crippen molar-refractivity contribution in [3.05, 3.63) is 54.0 Å². The van der Waals surface area contributed by atoms with E-state index in [1.807, 2.05) is 11.5 Å². The van der Waals surface area contributed by atoms with Gasteiger partial charge in [0.2, 0.25) is 11.8 Å². The molecule has 1 aliphatic carbocycles. The molecule has 4 heterocycles. The van der Waals surface area contributed by atoms with Gasteiger partial charge in [-0.15, -0.1) is 11.8 Å². The van der Waals surface area contributed by atoms with Gasteiger partial charge in [0.15, 0.2) is 5.78 Å². The molecule has 210 valence electrons. The van der Waals surface area contributed by atoms with E-state index >= 15 is 0 Å². The normalized spacial score (nSPS) is 25.3. The molecule has 0 bridgehead atoms. The molecule has 11 heteroatoms. The first-order chi connectivity index (χ1) is 19.5. The summed E-state index contributed by atoms with van der Waals surface area (Å²) < 4.78 is 1.61. The number of likely N-dealkylation sites (tertiary alicyclic amines) is 2. The van der Waals surface area contributed by atoms with E-state index in [1.54, 1.807) is 56.8 Å². The highest BCUT2D eigenvalue weighted by Crippen LogP contribution is 2.33. The lowest BCUT2D eigenvalue weighted by Gasteiger charge is -2.31. The Kier molecular flexibility index (Phi) is 7.73. The Labute approximate surface area is 237 Å². The lowest BCUT2D eigenvalue weighted by molar-refractivity contribution is -0.140. The number of carbonyl (C=O) groups excluding carboxylic acids is 4. The second kappa shape index (κ2) is 11.6. The molecular weight excluding hydrogens is 528 g/mol. The highest BCUT2D eigenvalue weighted by molar-refractivity contribution is 8.02. The van der Waals surface area contributed by atoms with Crippen LogP contribution in [0.15, 0.2) is 48.4 Å². The zero-order chi connectivity index (χ0) is 27.6. The van der Waals surface area contributed by atoms with Gasteiger partial charge in [0.1, 0.15) is 24.7 Å². The Morgan fingerprint density at radius 2 is 1.85 bits per heavy atom. The van der Waals surface area contributed by atoms with Crippen LogP contribution in [0, 0.1) is 11.8 Å². The van der Waals surface area contributed by atoms with Gasteiger partial charge >= 0.3 is 0 Å². The smallest absolute Gasteiger partial charge is 0.254 e. The molecule has 3 fully saturated rings. The summed E-state index contributed by atoms with van der Waals surface area (Å²) >= 11 is 1.59. The summed E-state index contributed by atoms with van der Waals surface area (Å²) in [7, 11) is 0. The van der Waals surface area contributed by atoms with Gasteiger partial charge in [0.25, 0.3) is 5.91 Å². The second-order valence-corrected chi connectivity index (χ2v) is 12.1. The first-order valence-electron chi connectivity index (χ1n) is 14.2. The van der Waals surface area contributed by atoms with E-state index < -0.39 is 12.1 Å². The van der Waals surface area contributed by atoms with Crippen LogP contribution in [0.4, 0.5) is 0 Å². The summed E-state index contributed by atoms with van der Waals surface area (Å²) in [5, 5.41) is 9.09. The largest absolute Gasteiger partial charge is 0.344 e. The van der Waals surface area contributed by atoms with Gasteiger partial charge in [-0.05, 0) is 48.4 Å². The van der Waals surface area contributed by atoms with Crippen LogP contribution in [0.25, 0.3) is 5.69 Å². The average Bonchev–Trinajstić information content (AvgIpc) is 3.79. The molecular formula is C29H34N6O4S. The van der Waals surface area contributed by atoms with Crippen LogP contribution in [-0.2, 0) is 14.4 Å². The molecule has 3 amide bonds. The van der Waals surface area contributed by atoms with Gasteiger partial charge in [0.05, 0.1) is 24.2 Å². The maximum absolute atomic E-state index is 14.0. The van der Waals surface area contributed by atoms with Crippen LogP contribution in [0.2, 0.25) is 0 Å². The molecule has 40 heavy (non-hydrogen) atoms. The number of nitrogens with zero attached hydrogens (tertiary/aromatic N) is 5. The number of aromatic nitrogens is 3. The summed E-state index contributed by atoms with van der Waals surface area (Å²) in [6.45, 7) is 0.373. The van der Waals surface area contributed by atoms with Crippen LogP contribution in [0.5, 0.6) is 0 Å². The van der Waals surface area contributed by atoms with E-state index in [-0.39, 0.29) is 42.0 Å². The topological polar surface area (TPSA) is 118 Å². The fraction of sp³-hybridized carbons (Fsp3) is 0.517. The maximum Gasteiger partial charge on any atom is 0.254 e. The van der Waals surface area contributed by atoms with E-state index in [9.17, 15) is 19.2 Å². The minimum atomic E-state index is -0.668. The molecule has 1 aromatic carbocycles. The van der Waals surface area contributed by atoms with Gasteiger partial charge in [-0.1, -0.05) is 38.2 Å². The molecule has 4 aliphatic rings. The number of ketones is 1. The van der Waals surface area contributed by atoms with Gasteiger partial charge in [-0.3, -0.25) is 19.2 Å². The number of benzene rings is 1. The third-order valence-corrected chi connectivity index (χ3v) is 9.59. The summed E-state index contributed by atoms with van der Waals surface area (Å²) in [6, 6.07) is 5.34.